The van der Waals surface area contributed by atoms with Gasteiger partial charge >= 0.3 is 27.1 Å². The molecule has 106 heavy (non-hydrogen) atoms. The lowest BCUT2D eigenvalue weighted by Crippen LogP contribution is -2.64. The van der Waals surface area contributed by atoms with Gasteiger partial charge in [-0.3, -0.25) is 41.5 Å². The highest BCUT2D eigenvalue weighted by Crippen LogP contribution is 2.62. The van der Waals surface area contributed by atoms with Gasteiger partial charge in [0, 0.05) is 60.4 Å². The van der Waals surface area contributed by atoms with E-state index in [1.807, 2.05) is 0 Å². The molecule has 3 fully saturated rings. The van der Waals surface area contributed by atoms with Crippen LogP contribution in [0.4, 0.5) is 0 Å². The van der Waals surface area contributed by atoms with Crippen molar-refractivity contribution >= 4 is 91.6 Å². The number of rotatable bonds is 63. The van der Waals surface area contributed by atoms with E-state index in [1.54, 1.807) is 0 Å². The van der Waals surface area contributed by atoms with Crippen LogP contribution in [0.5, 0.6) is 0 Å². The van der Waals surface area contributed by atoms with Gasteiger partial charge in [-0.15, -0.1) is 0 Å². The number of amides is 3. The first kappa shape index (κ1) is 99.8. The summed E-state index contributed by atoms with van der Waals surface area (Å²) in [5.74, 6) is -1.55. The molecule has 18 unspecified atom stereocenters. The van der Waals surface area contributed by atoms with E-state index in [2.05, 4.69) is 27.8 Å². The third-order valence-corrected chi connectivity index (χ3v) is 25.1. The molecule has 3 amide bonds. The molecule has 0 spiro atoms. The van der Waals surface area contributed by atoms with Crippen LogP contribution in [0.2, 0.25) is 0 Å². The molecule has 0 saturated carbocycles. The van der Waals surface area contributed by atoms with Crippen LogP contribution in [0.3, 0.4) is 0 Å². The molecule has 0 aromatic carbocycles. The van der Waals surface area contributed by atoms with E-state index in [4.69, 9.17) is 91.6 Å². The van der Waals surface area contributed by atoms with Crippen molar-refractivity contribution in [2.45, 2.75) is 190 Å². The molecule has 626 valence electrons. The smallest absolute Gasteiger partial charge is 0.394 e. The lowest BCUT2D eigenvalue weighted by molar-refractivity contribution is -0.270. The van der Waals surface area contributed by atoms with Gasteiger partial charge in [0.15, 0.2) is 18.9 Å². The average Bonchev–Trinajstić information content (AvgIpc) is 0.818. The summed E-state index contributed by atoms with van der Waals surface area (Å²) in [6.07, 6.45) is -11.6. The van der Waals surface area contributed by atoms with Crippen molar-refractivity contribution in [3.63, 3.8) is 0 Å². The Hall–Kier alpha value is -0.440. The quantitative estimate of drug-likeness (QED) is 0.0231. The van der Waals surface area contributed by atoms with Crippen LogP contribution in [-0.4, -0.2) is 325 Å². The highest BCUT2D eigenvalue weighted by atomic mass is 32.7. The third kappa shape index (κ3) is 39.7. The van der Waals surface area contributed by atoms with Gasteiger partial charge in [0.1, 0.15) is 108 Å². The number of carbonyl (C=O) groups is 3. The predicted molar refractivity (Wildman–Crippen MR) is 382 cm³/mol. The largest absolute Gasteiger partial charge is 0.415 e. The molecule has 3 saturated heterocycles. The van der Waals surface area contributed by atoms with Gasteiger partial charge in [0.05, 0.1) is 126 Å². The van der Waals surface area contributed by atoms with Gasteiger partial charge < -0.3 is 136 Å². The van der Waals surface area contributed by atoms with Gasteiger partial charge in [-0.1, -0.05) is 12.8 Å². The fourth-order valence-corrected chi connectivity index (χ4v) is 17.7. The van der Waals surface area contributed by atoms with E-state index in [0.717, 1.165) is 0 Å². The first-order valence-electron chi connectivity index (χ1n) is 34.4. The highest BCUT2D eigenvalue weighted by Gasteiger charge is 2.48. The Bertz CT molecular complexity index is 2500. The van der Waals surface area contributed by atoms with Crippen LogP contribution in [0.25, 0.3) is 0 Å². The number of hydrogen-bond donors (Lipinski definition) is 14. The lowest BCUT2D eigenvalue weighted by atomic mass is 9.92. The number of aliphatic hydroxyl groups excluding tert-OH is 9. The predicted octanol–water partition coefficient (Wildman–Crippen LogP) is 1.13. The van der Waals surface area contributed by atoms with E-state index in [-0.39, 0.29) is 151 Å². The molecule has 14 N–H and O–H groups in total. The number of ether oxygens (including phenoxy) is 10. The standard InChI is InChI=1S/C58H113N3O37P4S4/c1-40(65)59-46-52(71)49(68)43(33-62)96-55(46)86-22-11-14-26-90-100(76,104-79-4)93-29-17-20-83-37-58(36-82-19-9-7-8-10-25-89-99(74,75)103,39-85-31-32-95-102(78,106-81-6)92-28-16-13-24-88-57-48(61-42(3)67)54(73)51(70)45(35-64)98-57)38-84-21-18-30-94-101(77,105-80-5)91-27-15-12-23-87-56-47(60-41(2)66)53(72)50(69)44(34-63)97-56/h43-57,62-64,68-73H,7-39H2,1-6H3,(H,59,65)(H,60,66)(H,61,67)(H2,74,75,103). The van der Waals surface area contributed by atoms with Crippen molar-refractivity contribution in [2.75, 3.05) is 160 Å². The Morgan fingerprint density at radius 3 is 0.925 bits per heavy atom. The molecule has 0 aromatic rings. The minimum Gasteiger partial charge on any atom is -0.394 e. The molecule has 3 heterocycles. The summed E-state index contributed by atoms with van der Waals surface area (Å²) in [6.45, 7) is -14.8. The van der Waals surface area contributed by atoms with Crippen LogP contribution >= 0.6 is 62.1 Å². The highest BCUT2D eigenvalue weighted by molar-refractivity contribution is 8.53. The zero-order valence-electron chi connectivity index (χ0n) is 60.5. The molecule has 0 radical (unpaired) electrons. The van der Waals surface area contributed by atoms with Gasteiger partial charge in [-0.05, 0) is 76.0 Å². The Balaban J connectivity index is 1.70. The van der Waals surface area contributed by atoms with E-state index in [1.165, 1.54) is 42.1 Å². The van der Waals surface area contributed by atoms with Gasteiger partial charge in [0.2, 0.25) is 17.7 Å². The second-order valence-corrected chi connectivity index (χ2v) is 38.0. The van der Waals surface area contributed by atoms with Crippen LogP contribution in [0.1, 0.15) is 97.8 Å². The van der Waals surface area contributed by atoms with Gasteiger partial charge in [0.25, 0.3) is 0 Å². The van der Waals surface area contributed by atoms with E-state index < -0.39 is 162 Å². The number of hydrogen-bond acceptors (Lipinski definition) is 39. The summed E-state index contributed by atoms with van der Waals surface area (Å²) >= 11 is 5.99. The van der Waals surface area contributed by atoms with Crippen molar-refractivity contribution < 1.29 is 175 Å². The van der Waals surface area contributed by atoms with E-state index >= 15 is 0 Å². The monoisotopic (exact) mass is 1700 g/mol. The van der Waals surface area contributed by atoms with Gasteiger partial charge in [-0.2, -0.15) is 0 Å². The maximum absolute atomic E-state index is 13.8. The van der Waals surface area contributed by atoms with E-state index in [9.17, 15) is 83.8 Å². The maximum Gasteiger partial charge on any atom is 0.415 e. The Morgan fingerprint density at radius 2 is 0.632 bits per heavy atom. The minimum atomic E-state index is -4.00. The summed E-state index contributed by atoms with van der Waals surface area (Å²) in [4.78, 5) is 54.4. The first-order valence-corrected chi connectivity index (χ1v) is 45.7. The number of carbonyl (C=O) groups excluding carboxylic acids is 3. The molecule has 0 aromatic heterocycles. The van der Waals surface area contributed by atoms with E-state index in [0.29, 0.717) is 79.9 Å². The molecule has 0 aliphatic carbocycles. The molecule has 40 nitrogen and oxygen atoms in total. The van der Waals surface area contributed by atoms with Crippen molar-refractivity contribution in [3.8, 4) is 0 Å². The molecular weight excluding hydrogens is 1580 g/mol. The molecule has 0 bridgehead atoms. The normalized spacial score (nSPS) is 27.4. The molecule has 18 atom stereocenters. The van der Waals surface area contributed by atoms with Crippen LogP contribution in [-0.2, 0) is 131 Å². The minimum absolute atomic E-state index is 0.000410. The Morgan fingerprint density at radius 1 is 0.377 bits per heavy atom. The molecule has 3 aliphatic rings. The Labute approximate surface area is 635 Å². The first-order chi connectivity index (χ1) is 50.5. The zero-order valence-corrected chi connectivity index (χ0v) is 67.3. The number of nitrogens with one attached hydrogen (secondary N) is 3. The summed E-state index contributed by atoms with van der Waals surface area (Å²) in [5, 5.41) is 99.2. The molecular formula is C58H113N3O37P4S4. The molecule has 48 heteroatoms. The topological polar surface area (TPSA) is 546 Å². The SMILES string of the molecule is COSP(=O)(OCCCCOC1OC(CO)C(O)C(O)C1NC(C)=O)OCCCOCC(COCCCCCCOP(O)(O)=S)(COCCCOP(=O)(OCCCCOC1OC(CO)C(O)C(O)C1NC(C)=O)SOC)COCCOP(=O)(OCCCCOC1OC(CO)C(O)C(O)C1NC(C)=O)SOC. The Kier molecular flexibility index (Phi) is 51.9. The lowest BCUT2D eigenvalue weighted by Gasteiger charge is -2.42. The fourth-order valence-electron chi connectivity index (χ4n) is 10.2. The van der Waals surface area contributed by atoms with Crippen molar-refractivity contribution in [1.82, 2.24) is 16.0 Å². The van der Waals surface area contributed by atoms with Gasteiger partial charge in [-0.25, -0.2) is 13.7 Å². The summed E-state index contributed by atoms with van der Waals surface area (Å²) in [6, 6.07) is -3.42. The second-order valence-electron chi connectivity index (χ2n) is 24.3. The summed E-state index contributed by atoms with van der Waals surface area (Å²) < 4.78 is 155. The summed E-state index contributed by atoms with van der Waals surface area (Å²) in [7, 11) is 3.84. The molecule has 3 aliphatic heterocycles. The number of unbranched alkanes of at least 4 members (excludes halogenated alkanes) is 6. The van der Waals surface area contributed by atoms with Crippen molar-refractivity contribution in [2.24, 2.45) is 5.41 Å². The third-order valence-electron chi connectivity index (χ3n) is 15.4. The van der Waals surface area contributed by atoms with Crippen LogP contribution in [0.15, 0.2) is 0 Å². The fraction of sp³-hybridized carbons (Fsp3) is 0.948. The zero-order chi connectivity index (χ0) is 78.6. The average molecular weight is 1700 g/mol. The second kappa shape index (κ2) is 55.2. The maximum atomic E-state index is 13.8. The van der Waals surface area contributed by atoms with Crippen LogP contribution < -0.4 is 16.0 Å². The van der Waals surface area contributed by atoms with Crippen molar-refractivity contribution in [3.05, 3.63) is 0 Å². The summed E-state index contributed by atoms with van der Waals surface area (Å²) in [5.41, 5.74) is -1.10. The molecule has 3 rings (SSSR count). The number of aliphatic hydroxyl groups is 9. The van der Waals surface area contributed by atoms with Crippen LogP contribution in [0, 0.1) is 5.41 Å². The van der Waals surface area contributed by atoms with Crippen molar-refractivity contribution in [1.29, 1.82) is 0 Å².